The maximum Gasteiger partial charge on any atom is 0.143 e. The van der Waals surface area contributed by atoms with E-state index < -0.39 is 0 Å². The molecule has 0 amide bonds. The lowest BCUT2D eigenvalue weighted by Gasteiger charge is -2.24. The molecule has 2 rings (SSSR count). The number of methoxy groups -OCH3 is 1. The summed E-state index contributed by atoms with van der Waals surface area (Å²) < 4.78 is 5.29. The van der Waals surface area contributed by atoms with Gasteiger partial charge in [0, 0.05) is 16.7 Å². The van der Waals surface area contributed by atoms with E-state index in [9.17, 15) is 0 Å². The van der Waals surface area contributed by atoms with Gasteiger partial charge in [-0.15, -0.1) is 11.8 Å². The summed E-state index contributed by atoms with van der Waals surface area (Å²) in [6, 6.07) is 6.67. The smallest absolute Gasteiger partial charge is 0.143 e. The molecule has 1 aromatic rings. The SMILES string of the molecule is COc1cccc2c1NC(C)CS2. The van der Waals surface area contributed by atoms with Crippen molar-refractivity contribution in [2.45, 2.75) is 17.9 Å². The number of fused-ring (bicyclic) bond motifs is 1. The Hall–Kier alpha value is -0.830. The molecule has 1 heterocycles. The highest BCUT2D eigenvalue weighted by Crippen LogP contribution is 2.39. The molecule has 0 saturated heterocycles. The number of ether oxygens (including phenoxy) is 1. The highest BCUT2D eigenvalue weighted by atomic mass is 32.2. The lowest BCUT2D eigenvalue weighted by molar-refractivity contribution is 0.415. The third kappa shape index (κ3) is 1.61. The lowest BCUT2D eigenvalue weighted by Crippen LogP contribution is -2.22. The molecule has 1 N–H and O–H groups in total. The third-order valence-electron chi connectivity index (χ3n) is 2.09. The van der Waals surface area contributed by atoms with Crippen molar-refractivity contribution in [2.24, 2.45) is 0 Å². The first-order chi connectivity index (χ1) is 6.31. The second kappa shape index (κ2) is 3.50. The first-order valence-corrected chi connectivity index (χ1v) is 5.36. The topological polar surface area (TPSA) is 21.3 Å². The molecule has 0 saturated carbocycles. The van der Waals surface area contributed by atoms with Gasteiger partial charge in [-0.05, 0) is 19.1 Å². The van der Waals surface area contributed by atoms with Crippen LogP contribution in [0.2, 0.25) is 0 Å². The summed E-state index contributed by atoms with van der Waals surface area (Å²) in [6.07, 6.45) is 0. The van der Waals surface area contributed by atoms with Gasteiger partial charge >= 0.3 is 0 Å². The van der Waals surface area contributed by atoms with Gasteiger partial charge in [0.1, 0.15) is 5.75 Å². The van der Waals surface area contributed by atoms with Crippen LogP contribution in [0.4, 0.5) is 5.69 Å². The zero-order chi connectivity index (χ0) is 9.26. The Bertz CT molecular complexity index is 300. The summed E-state index contributed by atoms with van der Waals surface area (Å²) in [4.78, 5) is 1.29. The van der Waals surface area contributed by atoms with E-state index in [1.54, 1.807) is 7.11 Å². The fourth-order valence-electron chi connectivity index (χ4n) is 1.45. The fourth-order valence-corrected chi connectivity index (χ4v) is 2.44. The summed E-state index contributed by atoms with van der Waals surface area (Å²) in [5, 5.41) is 3.43. The van der Waals surface area contributed by atoms with Gasteiger partial charge < -0.3 is 10.1 Å². The minimum atomic E-state index is 0.522. The first-order valence-electron chi connectivity index (χ1n) is 4.37. The van der Waals surface area contributed by atoms with Crippen LogP contribution in [0.25, 0.3) is 0 Å². The Morgan fingerprint density at radius 1 is 1.54 bits per heavy atom. The van der Waals surface area contributed by atoms with E-state index >= 15 is 0 Å². The Morgan fingerprint density at radius 3 is 3.15 bits per heavy atom. The number of nitrogens with one attached hydrogen (secondary N) is 1. The number of para-hydroxylation sites is 1. The molecule has 13 heavy (non-hydrogen) atoms. The Morgan fingerprint density at radius 2 is 2.38 bits per heavy atom. The molecule has 3 heteroatoms. The molecule has 1 aromatic carbocycles. The van der Waals surface area contributed by atoms with E-state index in [0.29, 0.717) is 6.04 Å². The van der Waals surface area contributed by atoms with Gasteiger partial charge in [-0.25, -0.2) is 0 Å². The second-order valence-corrected chi connectivity index (χ2v) is 4.25. The summed E-state index contributed by atoms with van der Waals surface area (Å²) in [6.45, 7) is 2.18. The lowest BCUT2D eigenvalue weighted by atomic mass is 10.2. The Labute approximate surface area is 82.7 Å². The third-order valence-corrected chi connectivity index (χ3v) is 3.41. The molecule has 1 aliphatic heterocycles. The molecule has 1 atom stereocenters. The van der Waals surface area contributed by atoms with Gasteiger partial charge in [0.05, 0.1) is 12.8 Å². The van der Waals surface area contributed by atoms with E-state index in [-0.39, 0.29) is 0 Å². The van der Waals surface area contributed by atoms with E-state index in [1.807, 2.05) is 23.9 Å². The molecule has 0 fully saturated rings. The predicted molar refractivity (Wildman–Crippen MR) is 56.8 cm³/mol. The van der Waals surface area contributed by atoms with Crippen molar-refractivity contribution in [3.8, 4) is 5.75 Å². The normalized spacial score (nSPS) is 20.3. The van der Waals surface area contributed by atoms with E-state index in [1.165, 1.54) is 4.90 Å². The Kier molecular flexibility index (Phi) is 2.36. The zero-order valence-electron chi connectivity index (χ0n) is 7.83. The fraction of sp³-hybridized carbons (Fsp3) is 0.400. The van der Waals surface area contributed by atoms with E-state index in [2.05, 4.69) is 18.3 Å². The van der Waals surface area contributed by atoms with Gasteiger partial charge in [-0.2, -0.15) is 0 Å². The van der Waals surface area contributed by atoms with Crippen LogP contribution in [0.1, 0.15) is 6.92 Å². The van der Waals surface area contributed by atoms with Crippen molar-refractivity contribution in [1.82, 2.24) is 0 Å². The molecule has 0 aromatic heterocycles. The monoisotopic (exact) mass is 195 g/mol. The molecule has 0 radical (unpaired) electrons. The van der Waals surface area contributed by atoms with E-state index in [0.717, 1.165) is 17.2 Å². The summed E-state index contributed by atoms with van der Waals surface area (Å²) in [5.74, 6) is 2.07. The zero-order valence-corrected chi connectivity index (χ0v) is 8.65. The van der Waals surface area contributed by atoms with Crippen LogP contribution in [-0.2, 0) is 0 Å². The molecular weight excluding hydrogens is 182 g/mol. The number of thioether (sulfide) groups is 1. The van der Waals surface area contributed by atoms with Crippen LogP contribution in [0.3, 0.4) is 0 Å². The minimum absolute atomic E-state index is 0.522. The van der Waals surface area contributed by atoms with Gasteiger partial charge in [0.15, 0.2) is 0 Å². The maximum atomic E-state index is 5.29. The second-order valence-electron chi connectivity index (χ2n) is 3.19. The first kappa shape index (κ1) is 8.75. The van der Waals surface area contributed by atoms with Crippen molar-refractivity contribution in [1.29, 1.82) is 0 Å². The van der Waals surface area contributed by atoms with Gasteiger partial charge in [-0.1, -0.05) is 6.07 Å². The molecule has 0 spiro atoms. The van der Waals surface area contributed by atoms with Crippen LogP contribution < -0.4 is 10.1 Å². The highest BCUT2D eigenvalue weighted by molar-refractivity contribution is 7.99. The highest BCUT2D eigenvalue weighted by Gasteiger charge is 2.17. The summed E-state index contributed by atoms with van der Waals surface area (Å²) in [7, 11) is 1.71. The molecule has 70 valence electrons. The van der Waals surface area contributed by atoms with Crippen molar-refractivity contribution >= 4 is 17.4 Å². The number of hydrogen-bond acceptors (Lipinski definition) is 3. The average Bonchev–Trinajstić information content (AvgIpc) is 2.17. The van der Waals surface area contributed by atoms with Crippen molar-refractivity contribution in [3.05, 3.63) is 18.2 Å². The molecule has 2 nitrogen and oxygen atoms in total. The number of hydrogen-bond donors (Lipinski definition) is 1. The molecular formula is C10H13NOS. The Balaban J connectivity index is 2.41. The standard InChI is InChI=1S/C10H13NOS/c1-7-6-13-9-5-3-4-8(12-2)10(9)11-7/h3-5,7,11H,6H2,1-2H3. The van der Waals surface area contributed by atoms with Crippen molar-refractivity contribution in [2.75, 3.05) is 18.2 Å². The minimum Gasteiger partial charge on any atom is -0.495 e. The molecule has 1 unspecified atom stereocenters. The van der Waals surface area contributed by atoms with Gasteiger partial charge in [-0.3, -0.25) is 0 Å². The van der Waals surface area contributed by atoms with Crippen LogP contribution in [0.15, 0.2) is 23.1 Å². The summed E-state index contributed by atoms with van der Waals surface area (Å²) in [5.41, 5.74) is 1.15. The number of benzene rings is 1. The molecule has 1 aliphatic rings. The summed E-state index contributed by atoms with van der Waals surface area (Å²) >= 11 is 1.88. The van der Waals surface area contributed by atoms with Gasteiger partial charge in [0.2, 0.25) is 0 Å². The van der Waals surface area contributed by atoms with Crippen molar-refractivity contribution in [3.63, 3.8) is 0 Å². The van der Waals surface area contributed by atoms with Crippen molar-refractivity contribution < 1.29 is 4.74 Å². The van der Waals surface area contributed by atoms with Crippen LogP contribution in [0, 0.1) is 0 Å². The van der Waals surface area contributed by atoms with Gasteiger partial charge in [0.25, 0.3) is 0 Å². The largest absolute Gasteiger partial charge is 0.495 e. The van der Waals surface area contributed by atoms with Crippen LogP contribution in [-0.4, -0.2) is 18.9 Å². The number of rotatable bonds is 1. The molecule has 0 bridgehead atoms. The average molecular weight is 195 g/mol. The van der Waals surface area contributed by atoms with Crippen LogP contribution >= 0.6 is 11.8 Å². The van der Waals surface area contributed by atoms with Crippen LogP contribution in [0.5, 0.6) is 5.75 Å². The van der Waals surface area contributed by atoms with E-state index in [4.69, 9.17) is 4.74 Å². The molecule has 0 aliphatic carbocycles. The quantitative estimate of drug-likeness (QED) is 0.744. The predicted octanol–water partition coefficient (Wildman–Crippen LogP) is 2.60. The number of anilines is 1. The maximum absolute atomic E-state index is 5.29.